The summed E-state index contributed by atoms with van der Waals surface area (Å²) in [4.78, 5) is 39.0. The summed E-state index contributed by atoms with van der Waals surface area (Å²) < 4.78 is 0. The molecule has 3 amide bonds. The SMILES string of the molecule is Cc1cccc(NC(=O)c2ccc(NC3=C(Cl)C(=O)N(c4cccc(Cl)c4)C3=O)cc2)c1C. The highest BCUT2D eigenvalue weighted by Crippen LogP contribution is 2.31. The molecule has 4 rings (SSSR count). The Bertz CT molecular complexity index is 1320. The first-order valence-corrected chi connectivity index (χ1v) is 10.8. The Kier molecular flexibility index (Phi) is 6.22. The first-order valence-electron chi connectivity index (χ1n) is 10.0. The average Bonchev–Trinajstić information content (AvgIpc) is 3.00. The molecule has 0 fully saturated rings. The fraction of sp³-hybridized carbons (Fsp3) is 0.0800. The summed E-state index contributed by atoms with van der Waals surface area (Å²) in [7, 11) is 0. The number of aryl methyl sites for hydroxylation is 1. The molecule has 6 nitrogen and oxygen atoms in total. The summed E-state index contributed by atoms with van der Waals surface area (Å²) >= 11 is 12.2. The van der Waals surface area contributed by atoms with Crippen LogP contribution in [0.2, 0.25) is 5.02 Å². The van der Waals surface area contributed by atoms with Crippen molar-refractivity contribution in [2.75, 3.05) is 15.5 Å². The number of nitrogens with zero attached hydrogens (tertiary/aromatic N) is 1. The number of hydrogen-bond donors (Lipinski definition) is 2. The second kappa shape index (κ2) is 9.10. The molecular weight excluding hydrogens is 461 g/mol. The highest BCUT2D eigenvalue weighted by atomic mass is 35.5. The molecule has 3 aromatic rings. The number of hydrogen-bond acceptors (Lipinski definition) is 4. The fourth-order valence-corrected chi connectivity index (χ4v) is 3.79. The largest absolute Gasteiger partial charge is 0.350 e. The number of anilines is 3. The van der Waals surface area contributed by atoms with Crippen LogP contribution in [0, 0.1) is 13.8 Å². The number of benzene rings is 3. The Hall–Kier alpha value is -3.61. The van der Waals surface area contributed by atoms with E-state index in [2.05, 4.69) is 10.6 Å². The van der Waals surface area contributed by atoms with E-state index < -0.39 is 11.8 Å². The topological polar surface area (TPSA) is 78.5 Å². The lowest BCUT2D eigenvalue weighted by atomic mass is 10.1. The minimum absolute atomic E-state index is 0.0470. The summed E-state index contributed by atoms with van der Waals surface area (Å²) in [6, 6.07) is 18.6. The van der Waals surface area contributed by atoms with E-state index in [0.717, 1.165) is 21.7 Å². The molecule has 0 bridgehead atoms. The van der Waals surface area contributed by atoms with Gasteiger partial charge in [-0.25, -0.2) is 4.90 Å². The van der Waals surface area contributed by atoms with Crippen molar-refractivity contribution in [2.45, 2.75) is 13.8 Å². The van der Waals surface area contributed by atoms with Crippen molar-refractivity contribution in [3.05, 3.63) is 99.2 Å². The molecule has 3 aromatic carbocycles. The van der Waals surface area contributed by atoms with Gasteiger partial charge in [-0.3, -0.25) is 14.4 Å². The van der Waals surface area contributed by atoms with Crippen LogP contribution in [0.5, 0.6) is 0 Å². The van der Waals surface area contributed by atoms with Gasteiger partial charge in [-0.1, -0.05) is 41.4 Å². The Labute approximate surface area is 200 Å². The lowest BCUT2D eigenvalue weighted by Gasteiger charge is -2.15. The van der Waals surface area contributed by atoms with E-state index >= 15 is 0 Å². The molecule has 2 N–H and O–H groups in total. The van der Waals surface area contributed by atoms with Gasteiger partial charge in [0.2, 0.25) is 0 Å². The molecule has 0 spiro atoms. The molecule has 0 radical (unpaired) electrons. The zero-order valence-electron chi connectivity index (χ0n) is 17.8. The van der Waals surface area contributed by atoms with E-state index in [1.54, 1.807) is 42.5 Å². The molecule has 33 heavy (non-hydrogen) atoms. The smallest absolute Gasteiger partial charge is 0.283 e. The highest BCUT2D eigenvalue weighted by molar-refractivity contribution is 6.53. The number of carbonyl (C=O) groups is 3. The van der Waals surface area contributed by atoms with Crippen LogP contribution in [-0.4, -0.2) is 17.7 Å². The van der Waals surface area contributed by atoms with Crippen LogP contribution in [0.25, 0.3) is 0 Å². The highest BCUT2D eigenvalue weighted by Gasteiger charge is 2.39. The Morgan fingerprint density at radius 1 is 0.879 bits per heavy atom. The van der Waals surface area contributed by atoms with Crippen LogP contribution in [0.3, 0.4) is 0 Å². The Morgan fingerprint density at radius 3 is 2.27 bits per heavy atom. The maximum Gasteiger partial charge on any atom is 0.283 e. The van der Waals surface area contributed by atoms with Crippen molar-refractivity contribution < 1.29 is 14.4 Å². The maximum absolute atomic E-state index is 12.9. The van der Waals surface area contributed by atoms with Crippen LogP contribution in [0.15, 0.2) is 77.5 Å². The average molecular weight is 480 g/mol. The first-order chi connectivity index (χ1) is 15.8. The predicted molar refractivity (Wildman–Crippen MR) is 131 cm³/mol. The molecule has 0 saturated carbocycles. The second-order valence-electron chi connectivity index (χ2n) is 7.52. The van der Waals surface area contributed by atoms with Crippen molar-refractivity contribution >= 4 is 58.0 Å². The van der Waals surface area contributed by atoms with E-state index in [-0.39, 0.29) is 16.6 Å². The van der Waals surface area contributed by atoms with Crippen molar-refractivity contribution in [2.24, 2.45) is 0 Å². The number of halogens is 2. The third-order valence-corrected chi connectivity index (χ3v) is 5.95. The molecular formula is C25H19Cl2N3O3. The summed E-state index contributed by atoms with van der Waals surface area (Å²) in [6.07, 6.45) is 0. The number of rotatable bonds is 5. The zero-order valence-corrected chi connectivity index (χ0v) is 19.3. The zero-order chi connectivity index (χ0) is 23.7. The molecule has 1 aliphatic rings. The monoisotopic (exact) mass is 479 g/mol. The third-order valence-electron chi connectivity index (χ3n) is 5.36. The van der Waals surface area contributed by atoms with Crippen molar-refractivity contribution in [1.29, 1.82) is 0 Å². The van der Waals surface area contributed by atoms with Crippen LogP contribution < -0.4 is 15.5 Å². The van der Waals surface area contributed by atoms with Crippen molar-refractivity contribution in [1.82, 2.24) is 0 Å². The minimum Gasteiger partial charge on any atom is -0.350 e. The van der Waals surface area contributed by atoms with Crippen LogP contribution in [-0.2, 0) is 9.59 Å². The fourth-order valence-electron chi connectivity index (χ4n) is 3.39. The molecule has 0 unspecified atom stereocenters. The normalized spacial score (nSPS) is 13.5. The van der Waals surface area contributed by atoms with Crippen LogP contribution in [0.1, 0.15) is 21.5 Å². The minimum atomic E-state index is -0.643. The van der Waals surface area contributed by atoms with Crippen molar-refractivity contribution in [3.63, 3.8) is 0 Å². The van der Waals surface area contributed by atoms with Gasteiger partial charge in [0.15, 0.2) is 0 Å². The van der Waals surface area contributed by atoms with Gasteiger partial charge in [0.05, 0.1) is 5.69 Å². The molecule has 8 heteroatoms. The summed E-state index contributed by atoms with van der Waals surface area (Å²) in [5, 5.41) is 5.95. The molecule has 1 aliphatic heterocycles. The Balaban J connectivity index is 1.49. The number of carbonyl (C=O) groups excluding carboxylic acids is 3. The predicted octanol–water partition coefficient (Wildman–Crippen LogP) is 5.64. The first kappa shape index (κ1) is 22.6. The lowest BCUT2D eigenvalue weighted by Crippen LogP contribution is -2.32. The van der Waals surface area contributed by atoms with Gasteiger partial charge in [-0.2, -0.15) is 0 Å². The summed E-state index contributed by atoms with van der Waals surface area (Å²) in [5.74, 6) is -1.49. The standard InChI is InChI=1S/C25H19Cl2N3O3/c1-14-5-3-8-20(15(14)2)29-23(31)16-9-11-18(12-10-16)28-22-21(27)24(32)30(25(22)33)19-7-4-6-17(26)13-19/h3-13,28H,1-2H3,(H,29,31). The number of amides is 3. The van der Waals surface area contributed by atoms with Gasteiger partial charge in [0, 0.05) is 22.0 Å². The van der Waals surface area contributed by atoms with E-state index in [1.165, 1.54) is 6.07 Å². The molecule has 1 heterocycles. The summed E-state index contributed by atoms with van der Waals surface area (Å²) in [5.41, 5.74) is 4.05. The molecule has 0 saturated heterocycles. The van der Waals surface area contributed by atoms with E-state index in [0.29, 0.717) is 22.0 Å². The Morgan fingerprint density at radius 2 is 1.58 bits per heavy atom. The molecule has 166 valence electrons. The van der Waals surface area contributed by atoms with Gasteiger partial charge < -0.3 is 10.6 Å². The van der Waals surface area contributed by atoms with Gasteiger partial charge in [-0.05, 0) is 73.5 Å². The van der Waals surface area contributed by atoms with Gasteiger partial charge in [0.25, 0.3) is 17.7 Å². The van der Waals surface area contributed by atoms with Crippen LogP contribution >= 0.6 is 23.2 Å². The summed E-state index contributed by atoms with van der Waals surface area (Å²) in [6.45, 7) is 3.93. The van der Waals surface area contributed by atoms with Crippen LogP contribution in [0.4, 0.5) is 17.1 Å². The van der Waals surface area contributed by atoms with E-state index in [1.807, 2.05) is 32.0 Å². The molecule has 0 aromatic heterocycles. The van der Waals surface area contributed by atoms with Crippen molar-refractivity contribution in [3.8, 4) is 0 Å². The van der Waals surface area contributed by atoms with E-state index in [4.69, 9.17) is 23.2 Å². The third kappa shape index (κ3) is 4.49. The second-order valence-corrected chi connectivity index (χ2v) is 8.33. The number of nitrogens with one attached hydrogen (secondary N) is 2. The van der Waals surface area contributed by atoms with Gasteiger partial charge in [-0.15, -0.1) is 0 Å². The lowest BCUT2D eigenvalue weighted by molar-refractivity contribution is -0.120. The van der Waals surface area contributed by atoms with E-state index in [9.17, 15) is 14.4 Å². The number of imide groups is 1. The maximum atomic E-state index is 12.9. The quantitative estimate of drug-likeness (QED) is 0.463. The molecule has 0 atom stereocenters. The van der Waals surface area contributed by atoms with Gasteiger partial charge >= 0.3 is 0 Å². The van der Waals surface area contributed by atoms with Gasteiger partial charge in [0.1, 0.15) is 10.7 Å². The molecule has 0 aliphatic carbocycles.